The van der Waals surface area contributed by atoms with Gasteiger partial charge in [0, 0.05) is 31.4 Å². The molecule has 0 aliphatic carbocycles. The molecule has 2 aromatic rings. The third kappa shape index (κ3) is 3.91. The quantitative estimate of drug-likeness (QED) is 0.484. The number of nitrogens with one attached hydrogen (secondary N) is 2. The fourth-order valence-corrected chi connectivity index (χ4v) is 1.64. The molecule has 7 heteroatoms. The molecule has 0 bridgehead atoms. The van der Waals surface area contributed by atoms with Crippen LogP contribution in [0.3, 0.4) is 0 Å². The summed E-state index contributed by atoms with van der Waals surface area (Å²) in [5.41, 5.74) is 12.0. The Morgan fingerprint density at radius 1 is 1.35 bits per heavy atom. The van der Waals surface area contributed by atoms with Gasteiger partial charge < -0.3 is 26.5 Å². The van der Waals surface area contributed by atoms with Gasteiger partial charge in [-0.3, -0.25) is 0 Å². The molecule has 0 unspecified atom stereocenters. The maximum absolute atomic E-state index is 11.5. The highest BCUT2D eigenvalue weighted by Crippen LogP contribution is 2.21. The number of aryl methyl sites for hydroxylation is 1. The Bertz CT molecular complexity index is 568. The minimum absolute atomic E-state index is 0.361. The molecule has 7 nitrogen and oxygen atoms in total. The van der Waals surface area contributed by atoms with Gasteiger partial charge in [-0.25, -0.2) is 9.78 Å². The normalized spacial score (nSPS) is 10.2. The number of nitrogens with zero attached hydrogens (tertiary/aromatic N) is 1. The smallest absolute Gasteiger partial charge is 0.410 e. The van der Waals surface area contributed by atoms with Gasteiger partial charge in [0.15, 0.2) is 0 Å². The number of nitrogens with two attached hydrogens (primary N) is 2. The minimum Gasteiger partial charge on any atom is -0.410 e. The van der Waals surface area contributed by atoms with E-state index in [4.69, 9.17) is 16.2 Å². The van der Waals surface area contributed by atoms with E-state index in [0.29, 0.717) is 23.7 Å². The number of carbonyl (C=O) groups excluding carboxylic acids is 1. The topological polar surface area (TPSA) is 119 Å². The van der Waals surface area contributed by atoms with Crippen molar-refractivity contribution in [3.8, 4) is 5.75 Å². The van der Waals surface area contributed by atoms with Crippen LogP contribution in [0.25, 0.3) is 0 Å². The standard InChI is InChI=1S/C13H17N5O2/c14-10-4-3-9(8-11(10)15)20-13(19)18-5-1-2-12-16-6-7-17-12/h3-4,6-8H,1-2,5,14-15H2,(H,16,17)(H,18,19). The van der Waals surface area contributed by atoms with Crippen molar-refractivity contribution in [3.63, 3.8) is 0 Å². The van der Waals surface area contributed by atoms with Gasteiger partial charge >= 0.3 is 6.09 Å². The predicted octanol–water partition coefficient (Wildman–Crippen LogP) is 1.30. The van der Waals surface area contributed by atoms with E-state index in [1.807, 2.05) is 0 Å². The maximum Gasteiger partial charge on any atom is 0.412 e. The van der Waals surface area contributed by atoms with E-state index >= 15 is 0 Å². The van der Waals surface area contributed by atoms with Crippen LogP contribution in [0, 0.1) is 0 Å². The molecule has 20 heavy (non-hydrogen) atoms. The Balaban J connectivity index is 1.71. The summed E-state index contributed by atoms with van der Waals surface area (Å²) < 4.78 is 5.08. The van der Waals surface area contributed by atoms with Crippen LogP contribution in [0.4, 0.5) is 16.2 Å². The fourth-order valence-electron chi connectivity index (χ4n) is 1.64. The summed E-state index contributed by atoms with van der Waals surface area (Å²) >= 11 is 0. The van der Waals surface area contributed by atoms with Crippen LogP contribution in [-0.2, 0) is 6.42 Å². The molecule has 0 saturated heterocycles. The number of rotatable bonds is 5. The number of benzene rings is 1. The number of carbonyl (C=O) groups is 1. The Kier molecular flexibility index (Phi) is 4.43. The lowest BCUT2D eigenvalue weighted by Crippen LogP contribution is -2.28. The summed E-state index contributed by atoms with van der Waals surface area (Å²) in [6, 6.07) is 4.70. The molecule has 0 saturated carbocycles. The molecule has 106 valence electrons. The first-order valence-electron chi connectivity index (χ1n) is 6.24. The third-order valence-corrected chi connectivity index (χ3v) is 2.68. The number of nitrogen functional groups attached to an aromatic ring is 2. The molecule has 6 N–H and O–H groups in total. The van der Waals surface area contributed by atoms with Gasteiger partial charge in [-0.05, 0) is 18.6 Å². The number of ether oxygens (including phenoxy) is 1. The van der Waals surface area contributed by atoms with Crippen LogP contribution in [0.15, 0.2) is 30.6 Å². The molecular formula is C13H17N5O2. The van der Waals surface area contributed by atoms with Crippen molar-refractivity contribution in [1.29, 1.82) is 0 Å². The van der Waals surface area contributed by atoms with E-state index in [2.05, 4.69) is 15.3 Å². The highest BCUT2D eigenvalue weighted by atomic mass is 16.6. The summed E-state index contributed by atoms with van der Waals surface area (Å²) in [6.07, 6.45) is 4.48. The molecule has 1 aromatic heterocycles. The first kappa shape index (κ1) is 13.7. The molecule has 0 fully saturated rings. The van der Waals surface area contributed by atoms with Crippen LogP contribution in [0.1, 0.15) is 12.2 Å². The molecule has 2 rings (SSSR count). The molecular weight excluding hydrogens is 258 g/mol. The number of aromatic amines is 1. The maximum atomic E-state index is 11.5. The Morgan fingerprint density at radius 2 is 2.20 bits per heavy atom. The van der Waals surface area contributed by atoms with E-state index in [9.17, 15) is 4.79 Å². The fraction of sp³-hybridized carbons (Fsp3) is 0.231. The highest BCUT2D eigenvalue weighted by molar-refractivity contribution is 5.72. The lowest BCUT2D eigenvalue weighted by atomic mass is 10.2. The third-order valence-electron chi connectivity index (χ3n) is 2.68. The lowest BCUT2D eigenvalue weighted by Gasteiger charge is -2.07. The minimum atomic E-state index is -0.520. The van der Waals surface area contributed by atoms with Crippen molar-refractivity contribution in [2.75, 3.05) is 18.0 Å². The van der Waals surface area contributed by atoms with Gasteiger partial charge in [0.2, 0.25) is 0 Å². The van der Waals surface area contributed by atoms with Crippen molar-refractivity contribution < 1.29 is 9.53 Å². The van der Waals surface area contributed by atoms with Crippen molar-refractivity contribution in [1.82, 2.24) is 15.3 Å². The van der Waals surface area contributed by atoms with Gasteiger partial charge in [-0.15, -0.1) is 0 Å². The van der Waals surface area contributed by atoms with Crippen molar-refractivity contribution in [2.24, 2.45) is 0 Å². The first-order valence-corrected chi connectivity index (χ1v) is 6.24. The van der Waals surface area contributed by atoms with Crippen molar-refractivity contribution in [3.05, 3.63) is 36.4 Å². The Morgan fingerprint density at radius 3 is 2.90 bits per heavy atom. The Hall–Kier alpha value is -2.70. The molecule has 0 atom stereocenters. The number of anilines is 2. The number of hydrogen-bond acceptors (Lipinski definition) is 5. The van der Waals surface area contributed by atoms with Crippen LogP contribution < -0.4 is 21.5 Å². The molecule has 0 aliphatic rings. The summed E-state index contributed by atoms with van der Waals surface area (Å²) in [7, 11) is 0. The van der Waals surface area contributed by atoms with E-state index < -0.39 is 6.09 Å². The average Bonchev–Trinajstić information content (AvgIpc) is 2.92. The SMILES string of the molecule is Nc1ccc(OC(=O)NCCCc2ncc[nH]2)cc1N. The summed E-state index contributed by atoms with van der Waals surface area (Å²) in [4.78, 5) is 18.6. The Labute approximate surface area is 116 Å². The molecule has 1 heterocycles. The van der Waals surface area contributed by atoms with Crippen molar-refractivity contribution >= 4 is 17.5 Å². The monoisotopic (exact) mass is 275 g/mol. The van der Waals surface area contributed by atoms with Gasteiger partial charge in [-0.1, -0.05) is 0 Å². The predicted molar refractivity (Wildman–Crippen MR) is 76.2 cm³/mol. The first-order chi connectivity index (χ1) is 9.65. The summed E-state index contributed by atoms with van der Waals surface area (Å²) in [6.45, 7) is 0.504. The number of amides is 1. The zero-order valence-electron chi connectivity index (χ0n) is 10.9. The lowest BCUT2D eigenvalue weighted by molar-refractivity contribution is 0.200. The second-order valence-corrected chi connectivity index (χ2v) is 4.25. The van der Waals surface area contributed by atoms with Gasteiger partial charge in [0.1, 0.15) is 11.6 Å². The van der Waals surface area contributed by atoms with Crippen LogP contribution in [-0.4, -0.2) is 22.6 Å². The number of aromatic nitrogens is 2. The highest BCUT2D eigenvalue weighted by Gasteiger charge is 2.05. The number of imidazole rings is 1. The number of H-pyrrole nitrogens is 1. The zero-order chi connectivity index (χ0) is 14.4. The summed E-state index contributed by atoms with van der Waals surface area (Å²) in [5.74, 6) is 1.26. The molecule has 0 aliphatic heterocycles. The molecule has 0 spiro atoms. The van der Waals surface area contributed by atoms with Gasteiger partial charge in [-0.2, -0.15) is 0 Å². The van der Waals surface area contributed by atoms with E-state index in [1.165, 1.54) is 6.07 Å². The molecule has 1 amide bonds. The average molecular weight is 275 g/mol. The summed E-state index contributed by atoms with van der Waals surface area (Å²) in [5, 5.41) is 2.65. The van der Waals surface area contributed by atoms with E-state index in [0.717, 1.165) is 18.7 Å². The molecule has 0 radical (unpaired) electrons. The second-order valence-electron chi connectivity index (χ2n) is 4.25. The van der Waals surface area contributed by atoms with Gasteiger partial charge in [0.25, 0.3) is 0 Å². The second kappa shape index (κ2) is 6.46. The van der Waals surface area contributed by atoms with Crippen LogP contribution >= 0.6 is 0 Å². The van der Waals surface area contributed by atoms with E-state index in [1.54, 1.807) is 24.5 Å². The zero-order valence-corrected chi connectivity index (χ0v) is 10.9. The largest absolute Gasteiger partial charge is 0.412 e. The van der Waals surface area contributed by atoms with E-state index in [-0.39, 0.29) is 0 Å². The van der Waals surface area contributed by atoms with Gasteiger partial charge in [0.05, 0.1) is 11.4 Å². The van der Waals surface area contributed by atoms with Crippen LogP contribution in [0.2, 0.25) is 0 Å². The number of hydrogen-bond donors (Lipinski definition) is 4. The van der Waals surface area contributed by atoms with Crippen LogP contribution in [0.5, 0.6) is 5.75 Å². The molecule has 1 aromatic carbocycles. The van der Waals surface area contributed by atoms with Crippen molar-refractivity contribution in [2.45, 2.75) is 12.8 Å².